The Kier molecular flexibility index (Phi) is 6.83. The van der Waals surface area contributed by atoms with Crippen molar-refractivity contribution in [3.63, 3.8) is 0 Å². The molecule has 0 aliphatic rings. The zero-order valence-corrected chi connectivity index (χ0v) is 12.2. The molecular formula is C14H22N2O4. The molecule has 112 valence electrons. The highest BCUT2D eigenvalue weighted by molar-refractivity contribution is 5.99. The first kappa shape index (κ1) is 16.3. The van der Waals surface area contributed by atoms with Crippen LogP contribution in [-0.4, -0.2) is 53.6 Å². The van der Waals surface area contributed by atoms with Gasteiger partial charge in [-0.3, -0.25) is 0 Å². The van der Waals surface area contributed by atoms with Crippen molar-refractivity contribution in [2.45, 2.75) is 0 Å². The molecule has 0 aliphatic heterocycles. The van der Waals surface area contributed by atoms with Gasteiger partial charge in [0.05, 0.1) is 37.3 Å². The predicted molar refractivity (Wildman–Crippen MR) is 78.2 cm³/mol. The lowest BCUT2D eigenvalue weighted by Crippen LogP contribution is -2.32. The molecule has 0 bridgehead atoms. The Morgan fingerprint density at radius 1 is 1.15 bits per heavy atom. The molecule has 0 fully saturated rings. The van der Waals surface area contributed by atoms with Crippen molar-refractivity contribution in [3.8, 4) is 0 Å². The van der Waals surface area contributed by atoms with E-state index in [2.05, 4.69) is 0 Å². The molecule has 0 aliphatic carbocycles. The minimum absolute atomic E-state index is 0.410. The molecule has 0 heterocycles. The number of carbonyl (C=O) groups excluding carboxylic acids is 1. The van der Waals surface area contributed by atoms with E-state index in [1.165, 1.54) is 7.11 Å². The van der Waals surface area contributed by atoms with Crippen molar-refractivity contribution in [2.75, 3.05) is 58.3 Å². The van der Waals surface area contributed by atoms with Crippen LogP contribution in [0, 0.1) is 0 Å². The van der Waals surface area contributed by atoms with Crippen molar-refractivity contribution < 1.29 is 19.0 Å². The highest BCUT2D eigenvalue weighted by atomic mass is 16.5. The van der Waals surface area contributed by atoms with Crippen LogP contribution in [-0.2, 0) is 14.2 Å². The van der Waals surface area contributed by atoms with Gasteiger partial charge in [0.1, 0.15) is 0 Å². The summed E-state index contributed by atoms with van der Waals surface area (Å²) in [6.45, 7) is 2.27. The van der Waals surface area contributed by atoms with E-state index in [-0.39, 0.29) is 0 Å². The predicted octanol–water partition coefficient (Wildman–Crippen LogP) is 1.15. The third-order valence-corrected chi connectivity index (χ3v) is 2.92. The summed E-state index contributed by atoms with van der Waals surface area (Å²) in [5.41, 5.74) is 7.66. The Bertz CT molecular complexity index is 429. The number of rotatable bonds is 8. The average molecular weight is 282 g/mol. The molecule has 1 aromatic rings. The largest absolute Gasteiger partial charge is 0.465 e. The minimum Gasteiger partial charge on any atom is -0.465 e. The number of para-hydroxylation sites is 1. The quantitative estimate of drug-likeness (QED) is 0.569. The minimum atomic E-state index is -0.410. The standard InChI is InChI=1S/C14H22N2O4/c1-18-9-7-16(8-10-19-2)13-11(14(17)20-3)5-4-6-12(13)15/h4-6H,7-10,15H2,1-3H3. The van der Waals surface area contributed by atoms with Crippen LogP contribution in [0.2, 0.25) is 0 Å². The molecule has 20 heavy (non-hydrogen) atoms. The van der Waals surface area contributed by atoms with Gasteiger partial charge in [-0.1, -0.05) is 6.07 Å². The van der Waals surface area contributed by atoms with E-state index < -0.39 is 5.97 Å². The van der Waals surface area contributed by atoms with E-state index in [1.807, 2.05) is 4.90 Å². The monoisotopic (exact) mass is 282 g/mol. The van der Waals surface area contributed by atoms with E-state index in [0.717, 1.165) is 0 Å². The summed E-state index contributed by atoms with van der Waals surface area (Å²) in [7, 11) is 4.61. The number of carbonyl (C=O) groups is 1. The van der Waals surface area contributed by atoms with Crippen LogP contribution in [0.15, 0.2) is 18.2 Å². The number of hydrogen-bond acceptors (Lipinski definition) is 6. The van der Waals surface area contributed by atoms with Crippen LogP contribution in [0.1, 0.15) is 10.4 Å². The van der Waals surface area contributed by atoms with Gasteiger partial charge in [-0.2, -0.15) is 0 Å². The van der Waals surface area contributed by atoms with E-state index in [1.54, 1.807) is 32.4 Å². The van der Waals surface area contributed by atoms with Crippen LogP contribution in [0.3, 0.4) is 0 Å². The Hall–Kier alpha value is -1.79. The van der Waals surface area contributed by atoms with Crippen LogP contribution >= 0.6 is 0 Å². The van der Waals surface area contributed by atoms with Crippen LogP contribution in [0.5, 0.6) is 0 Å². The molecular weight excluding hydrogens is 260 g/mol. The summed E-state index contributed by atoms with van der Waals surface area (Å²) in [6, 6.07) is 5.19. The number of hydrogen-bond donors (Lipinski definition) is 1. The average Bonchev–Trinajstić information content (AvgIpc) is 2.47. The fourth-order valence-corrected chi connectivity index (χ4v) is 1.93. The fraction of sp³-hybridized carbons (Fsp3) is 0.500. The lowest BCUT2D eigenvalue weighted by atomic mass is 10.1. The summed E-state index contributed by atoms with van der Waals surface area (Å²) < 4.78 is 15.0. The number of nitrogens with zero attached hydrogens (tertiary/aromatic N) is 1. The summed E-state index contributed by atoms with van der Waals surface area (Å²) >= 11 is 0. The zero-order chi connectivity index (χ0) is 15.0. The highest BCUT2D eigenvalue weighted by Gasteiger charge is 2.19. The maximum absolute atomic E-state index is 11.9. The van der Waals surface area contributed by atoms with Gasteiger partial charge in [0.25, 0.3) is 0 Å². The molecule has 0 amide bonds. The summed E-state index contributed by atoms with van der Waals surface area (Å²) in [6.07, 6.45) is 0. The van der Waals surface area contributed by atoms with Crippen LogP contribution < -0.4 is 10.6 Å². The lowest BCUT2D eigenvalue weighted by molar-refractivity contribution is 0.0601. The second-order valence-corrected chi connectivity index (χ2v) is 4.21. The summed E-state index contributed by atoms with van der Waals surface area (Å²) in [5.74, 6) is -0.410. The van der Waals surface area contributed by atoms with Crippen molar-refractivity contribution >= 4 is 17.3 Å². The van der Waals surface area contributed by atoms with Crippen molar-refractivity contribution in [1.29, 1.82) is 0 Å². The first-order chi connectivity index (χ1) is 9.65. The Morgan fingerprint density at radius 3 is 2.25 bits per heavy atom. The van der Waals surface area contributed by atoms with Crippen molar-refractivity contribution in [2.24, 2.45) is 0 Å². The second-order valence-electron chi connectivity index (χ2n) is 4.21. The van der Waals surface area contributed by atoms with Crippen molar-refractivity contribution in [3.05, 3.63) is 23.8 Å². The molecule has 0 saturated carbocycles. The number of methoxy groups -OCH3 is 3. The second kappa shape index (κ2) is 8.39. The molecule has 1 rings (SSSR count). The van der Waals surface area contributed by atoms with E-state index >= 15 is 0 Å². The molecule has 6 nitrogen and oxygen atoms in total. The number of ether oxygens (including phenoxy) is 3. The first-order valence-corrected chi connectivity index (χ1v) is 6.35. The smallest absolute Gasteiger partial charge is 0.340 e. The molecule has 1 aromatic carbocycles. The number of anilines is 2. The maximum Gasteiger partial charge on any atom is 0.340 e. The number of benzene rings is 1. The van der Waals surface area contributed by atoms with Crippen molar-refractivity contribution in [1.82, 2.24) is 0 Å². The normalized spacial score (nSPS) is 10.3. The van der Waals surface area contributed by atoms with Gasteiger partial charge in [-0.15, -0.1) is 0 Å². The molecule has 0 radical (unpaired) electrons. The molecule has 0 atom stereocenters. The summed E-state index contributed by atoms with van der Waals surface area (Å²) in [5, 5.41) is 0. The number of nitrogens with two attached hydrogens (primary N) is 1. The summed E-state index contributed by atoms with van der Waals surface area (Å²) in [4.78, 5) is 13.8. The molecule has 0 unspecified atom stereocenters. The molecule has 0 aromatic heterocycles. The van der Waals surface area contributed by atoms with Gasteiger partial charge in [-0.05, 0) is 12.1 Å². The molecule has 0 spiro atoms. The SMILES string of the molecule is COCCN(CCOC)c1c(N)cccc1C(=O)OC. The first-order valence-electron chi connectivity index (χ1n) is 6.35. The lowest BCUT2D eigenvalue weighted by Gasteiger charge is -2.27. The number of esters is 1. The molecule has 2 N–H and O–H groups in total. The Labute approximate surface area is 119 Å². The Morgan fingerprint density at radius 2 is 1.75 bits per heavy atom. The van der Waals surface area contributed by atoms with Crippen LogP contribution in [0.25, 0.3) is 0 Å². The zero-order valence-electron chi connectivity index (χ0n) is 12.2. The van der Waals surface area contributed by atoms with Gasteiger partial charge >= 0.3 is 5.97 Å². The third kappa shape index (κ3) is 4.11. The van der Waals surface area contributed by atoms with Gasteiger partial charge < -0.3 is 24.8 Å². The van der Waals surface area contributed by atoms with Gasteiger partial charge in [-0.25, -0.2) is 4.79 Å². The third-order valence-electron chi connectivity index (χ3n) is 2.92. The van der Waals surface area contributed by atoms with E-state index in [4.69, 9.17) is 19.9 Å². The molecule has 6 heteroatoms. The van der Waals surface area contributed by atoms with E-state index in [0.29, 0.717) is 43.2 Å². The van der Waals surface area contributed by atoms with Gasteiger partial charge in [0.15, 0.2) is 0 Å². The number of nitrogen functional groups attached to an aromatic ring is 1. The topological polar surface area (TPSA) is 74.0 Å². The fourth-order valence-electron chi connectivity index (χ4n) is 1.93. The molecule has 0 saturated heterocycles. The Balaban J connectivity index is 3.12. The highest BCUT2D eigenvalue weighted by Crippen LogP contribution is 2.28. The van der Waals surface area contributed by atoms with Gasteiger partial charge in [0, 0.05) is 27.3 Å². The van der Waals surface area contributed by atoms with E-state index in [9.17, 15) is 4.79 Å². The van der Waals surface area contributed by atoms with Crippen LogP contribution in [0.4, 0.5) is 11.4 Å². The van der Waals surface area contributed by atoms with Gasteiger partial charge in [0.2, 0.25) is 0 Å². The maximum atomic E-state index is 11.9.